The van der Waals surface area contributed by atoms with Gasteiger partial charge in [0.05, 0.1) is 5.69 Å². The number of piperidine rings is 1. The summed E-state index contributed by atoms with van der Waals surface area (Å²) in [5.41, 5.74) is 2.54. The van der Waals surface area contributed by atoms with Crippen LogP contribution in [0.2, 0.25) is 0 Å². The first-order valence-electron chi connectivity index (χ1n) is 9.83. The highest BCUT2D eigenvalue weighted by molar-refractivity contribution is 6.36. The maximum atomic E-state index is 13.3. The average Bonchev–Trinajstić information content (AvgIpc) is 2.73. The quantitative estimate of drug-likeness (QED) is 0.735. The molecule has 1 amide bonds. The molecule has 1 saturated heterocycles. The number of ketones is 1. The summed E-state index contributed by atoms with van der Waals surface area (Å²) in [5, 5.41) is 0. The van der Waals surface area contributed by atoms with E-state index in [1.54, 1.807) is 30.2 Å². The Kier molecular flexibility index (Phi) is 6.17. The van der Waals surface area contributed by atoms with Crippen LogP contribution in [0.5, 0.6) is 0 Å². The normalized spacial score (nSPS) is 18.0. The van der Waals surface area contributed by atoms with E-state index in [1.807, 2.05) is 13.8 Å². The number of hydrogen-bond acceptors (Lipinski definition) is 4. The molecule has 0 radical (unpaired) electrons. The number of aryl methyl sites for hydroxylation is 1. The van der Waals surface area contributed by atoms with Gasteiger partial charge >= 0.3 is 0 Å². The molecule has 6 heteroatoms. The summed E-state index contributed by atoms with van der Waals surface area (Å²) in [5.74, 6) is -0.599. The van der Waals surface area contributed by atoms with Gasteiger partial charge in [-0.2, -0.15) is 0 Å². The van der Waals surface area contributed by atoms with Crippen molar-refractivity contribution in [3.8, 4) is 11.1 Å². The van der Waals surface area contributed by atoms with Crippen LogP contribution in [0.25, 0.3) is 11.1 Å². The van der Waals surface area contributed by atoms with Crippen molar-refractivity contribution >= 4 is 11.7 Å². The highest BCUT2D eigenvalue weighted by atomic mass is 19.1. The summed E-state index contributed by atoms with van der Waals surface area (Å²) in [6.45, 7) is 6.59. The van der Waals surface area contributed by atoms with E-state index in [-0.39, 0.29) is 23.4 Å². The molecular formula is C22H26FN3O2. The number of aromatic nitrogens is 2. The number of carbonyl (C=O) groups excluding carboxylic acids is 2. The van der Waals surface area contributed by atoms with Gasteiger partial charge in [0.2, 0.25) is 5.78 Å². The number of Topliss-reactive ketones (excluding diaryl/α,β-unsaturated/α-hetero) is 1. The third-order valence-corrected chi connectivity index (χ3v) is 5.46. The predicted molar refractivity (Wildman–Crippen MR) is 105 cm³/mol. The second kappa shape index (κ2) is 8.59. The second-order valence-corrected chi connectivity index (χ2v) is 7.49. The average molecular weight is 383 g/mol. The van der Waals surface area contributed by atoms with E-state index in [2.05, 4.69) is 9.97 Å². The lowest BCUT2D eigenvalue weighted by atomic mass is 9.89. The summed E-state index contributed by atoms with van der Waals surface area (Å²) in [6, 6.07) is 6.26. The van der Waals surface area contributed by atoms with Gasteiger partial charge in [-0.1, -0.05) is 26.0 Å². The van der Waals surface area contributed by atoms with Crippen LogP contribution in [0.15, 0.2) is 30.5 Å². The van der Waals surface area contributed by atoms with E-state index in [9.17, 15) is 14.0 Å². The maximum absolute atomic E-state index is 13.3. The Hall–Kier alpha value is -2.63. The SMILES string of the molecule is CC[C@@H](C)C(=O)C(=O)N1CCC[C@@H](c2nc(C)ncc2-c2ccc(F)cc2)C1. The molecule has 0 N–H and O–H groups in total. The van der Waals surface area contributed by atoms with Crippen LogP contribution in [0.1, 0.15) is 50.5 Å². The van der Waals surface area contributed by atoms with Crippen LogP contribution in [-0.4, -0.2) is 39.6 Å². The monoisotopic (exact) mass is 383 g/mol. The molecule has 1 aromatic heterocycles. The number of carbonyl (C=O) groups is 2. The Labute approximate surface area is 165 Å². The number of rotatable bonds is 5. The largest absolute Gasteiger partial charge is 0.335 e. The van der Waals surface area contributed by atoms with Gasteiger partial charge in [0.25, 0.3) is 5.91 Å². The Bertz CT molecular complexity index is 867. The molecule has 0 bridgehead atoms. The van der Waals surface area contributed by atoms with E-state index in [0.29, 0.717) is 25.3 Å². The zero-order chi connectivity index (χ0) is 20.3. The Morgan fingerprint density at radius 3 is 2.68 bits per heavy atom. The molecule has 5 nitrogen and oxygen atoms in total. The molecule has 2 aromatic rings. The van der Waals surface area contributed by atoms with Crippen LogP contribution in [0.4, 0.5) is 4.39 Å². The van der Waals surface area contributed by atoms with Gasteiger partial charge < -0.3 is 4.90 Å². The lowest BCUT2D eigenvalue weighted by molar-refractivity contribution is -0.147. The van der Waals surface area contributed by atoms with Crippen molar-refractivity contribution < 1.29 is 14.0 Å². The van der Waals surface area contributed by atoms with Crippen LogP contribution in [0, 0.1) is 18.7 Å². The highest BCUT2D eigenvalue weighted by Gasteiger charge is 2.32. The molecule has 1 aliphatic rings. The number of hydrogen-bond donors (Lipinski definition) is 0. The fourth-order valence-corrected chi connectivity index (χ4v) is 3.59. The smallest absolute Gasteiger partial charge is 0.290 e. The number of halogens is 1. The second-order valence-electron chi connectivity index (χ2n) is 7.49. The zero-order valence-corrected chi connectivity index (χ0v) is 16.6. The molecular weight excluding hydrogens is 357 g/mol. The first-order chi connectivity index (χ1) is 13.4. The molecule has 1 fully saturated rings. The van der Waals surface area contributed by atoms with Gasteiger partial charge in [-0.3, -0.25) is 9.59 Å². The molecule has 0 saturated carbocycles. The molecule has 28 heavy (non-hydrogen) atoms. The van der Waals surface area contributed by atoms with Gasteiger partial charge in [0, 0.05) is 36.7 Å². The van der Waals surface area contributed by atoms with E-state index in [4.69, 9.17) is 0 Å². The van der Waals surface area contributed by atoms with Gasteiger partial charge in [0.1, 0.15) is 11.6 Å². The van der Waals surface area contributed by atoms with Crippen LogP contribution in [-0.2, 0) is 9.59 Å². The molecule has 2 atom stereocenters. The summed E-state index contributed by atoms with van der Waals surface area (Å²) in [7, 11) is 0. The molecule has 148 valence electrons. The van der Waals surface area contributed by atoms with E-state index < -0.39 is 5.91 Å². The fraction of sp³-hybridized carbons (Fsp3) is 0.455. The Morgan fingerprint density at radius 2 is 2.00 bits per heavy atom. The zero-order valence-electron chi connectivity index (χ0n) is 16.6. The lowest BCUT2D eigenvalue weighted by Crippen LogP contribution is -2.44. The van der Waals surface area contributed by atoms with Crippen molar-refractivity contribution in [2.24, 2.45) is 5.92 Å². The van der Waals surface area contributed by atoms with E-state index in [0.717, 1.165) is 29.7 Å². The number of amides is 1. The first-order valence-corrected chi connectivity index (χ1v) is 9.83. The first kappa shape index (κ1) is 20.1. The van der Waals surface area contributed by atoms with Crippen molar-refractivity contribution in [3.63, 3.8) is 0 Å². The molecule has 1 aliphatic heterocycles. The minimum Gasteiger partial charge on any atom is -0.335 e. The van der Waals surface area contributed by atoms with Gasteiger partial charge in [0.15, 0.2) is 0 Å². The van der Waals surface area contributed by atoms with Crippen molar-refractivity contribution in [2.45, 2.75) is 46.0 Å². The van der Waals surface area contributed by atoms with Crippen molar-refractivity contribution in [1.29, 1.82) is 0 Å². The molecule has 2 heterocycles. The molecule has 0 aliphatic carbocycles. The summed E-state index contributed by atoms with van der Waals surface area (Å²) in [4.78, 5) is 35.6. The Balaban J connectivity index is 1.88. The number of benzene rings is 1. The van der Waals surface area contributed by atoms with Gasteiger partial charge in [-0.05, 0) is 43.9 Å². The van der Waals surface area contributed by atoms with Crippen LogP contribution >= 0.6 is 0 Å². The fourth-order valence-electron chi connectivity index (χ4n) is 3.59. The summed E-state index contributed by atoms with van der Waals surface area (Å²) in [6.07, 6.45) is 4.11. The van der Waals surface area contributed by atoms with Gasteiger partial charge in [-0.15, -0.1) is 0 Å². The van der Waals surface area contributed by atoms with Crippen LogP contribution in [0.3, 0.4) is 0 Å². The van der Waals surface area contributed by atoms with Crippen molar-refractivity contribution in [3.05, 3.63) is 47.8 Å². The standard InChI is InChI=1S/C22H26FN3O2/c1-4-14(2)21(27)22(28)26-11-5-6-17(13-26)20-19(12-24-15(3)25-20)16-7-9-18(23)10-8-16/h7-10,12,14,17H,4-6,11,13H2,1-3H3/t14-,17-/m1/s1. The number of nitrogens with zero attached hydrogens (tertiary/aromatic N) is 3. The topological polar surface area (TPSA) is 63.2 Å². The predicted octanol–water partition coefficient (Wildman–Crippen LogP) is 3.91. The molecule has 0 spiro atoms. The van der Waals surface area contributed by atoms with Gasteiger partial charge in [-0.25, -0.2) is 14.4 Å². The van der Waals surface area contributed by atoms with Crippen molar-refractivity contribution in [1.82, 2.24) is 14.9 Å². The Morgan fingerprint density at radius 1 is 1.29 bits per heavy atom. The highest BCUT2D eigenvalue weighted by Crippen LogP contribution is 2.33. The number of likely N-dealkylation sites (tertiary alicyclic amines) is 1. The minimum absolute atomic E-state index is 0.0178. The summed E-state index contributed by atoms with van der Waals surface area (Å²) < 4.78 is 13.3. The molecule has 3 rings (SSSR count). The van der Waals surface area contributed by atoms with Crippen LogP contribution < -0.4 is 0 Å². The molecule has 0 unspecified atom stereocenters. The van der Waals surface area contributed by atoms with E-state index >= 15 is 0 Å². The third kappa shape index (κ3) is 4.26. The maximum Gasteiger partial charge on any atom is 0.290 e. The minimum atomic E-state index is -0.395. The van der Waals surface area contributed by atoms with Crippen molar-refractivity contribution in [2.75, 3.05) is 13.1 Å². The molecule has 1 aromatic carbocycles. The lowest BCUT2D eigenvalue weighted by Gasteiger charge is -2.33. The summed E-state index contributed by atoms with van der Waals surface area (Å²) >= 11 is 0. The third-order valence-electron chi connectivity index (χ3n) is 5.46. The van der Waals surface area contributed by atoms with E-state index in [1.165, 1.54) is 12.1 Å².